The van der Waals surface area contributed by atoms with Crippen molar-refractivity contribution < 1.29 is 29.1 Å². The summed E-state index contributed by atoms with van der Waals surface area (Å²) >= 11 is 0. The van der Waals surface area contributed by atoms with Crippen LogP contribution in [0.15, 0.2) is 0 Å². The minimum Gasteiger partial charge on any atom is -0.475 e. The van der Waals surface area contributed by atoms with Crippen LogP contribution in [0.5, 0.6) is 0 Å². The van der Waals surface area contributed by atoms with Gasteiger partial charge in [-0.25, -0.2) is 4.79 Å². The zero-order chi connectivity index (χ0) is 15.0. The van der Waals surface area contributed by atoms with Gasteiger partial charge in [0.1, 0.15) is 5.92 Å². The number of carbonyl (C=O) groups is 5. The number of hydrogen-bond acceptors (Lipinski definition) is 5. The number of rotatable bonds is 10. The smallest absolute Gasteiger partial charge is 0.372 e. The van der Waals surface area contributed by atoms with Crippen LogP contribution in [0.3, 0.4) is 0 Å². The summed E-state index contributed by atoms with van der Waals surface area (Å²) in [5.41, 5.74) is 0. The van der Waals surface area contributed by atoms with Crippen LogP contribution >= 0.6 is 0 Å². The minimum absolute atomic E-state index is 0.0626. The van der Waals surface area contributed by atoms with Gasteiger partial charge in [0.05, 0.1) is 6.42 Å². The van der Waals surface area contributed by atoms with Crippen molar-refractivity contribution >= 4 is 29.1 Å². The predicted octanol–water partition coefficient (Wildman–Crippen LogP) is 0.954. The highest BCUT2D eigenvalue weighted by Gasteiger charge is 2.33. The molecule has 0 atom stereocenters. The molecule has 6 nitrogen and oxygen atoms in total. The lowest BCUT2D eigenvalue weighted by atomic mass is 9.87. The second kappa shape index (κ2) is 8.29. The van der Waals surface area contributed by atoms with Gasteiger partial charge in [-0.2, -0.15) is 0 Å². The number of carboxylic acid groups (broad SMARTS) is 1. The minimum atomic E-state index is -1.74. The van der Waals surface area contributed by atoms with E-state index in [2.05, 4.69) is 0 Å². The fourth-order valence-corrected chi connectivity index (χ4v) is 1.66. The van der Waals surface area contributed by atoms with Crippen LogP contribution < -0.4 is 0 Å². The molecule has 6 heteroatoms. The van der Waals surface area contributed by atoms with Gasteiger partial charge in [-0.1, -0.05) is 13.8 Å². The first-order valence-corrected chi connectivity index (χ1v) is 6.19. The zero-order valence-corrected chi connectivity index (χ0v) is 11.1. The molecule has 0 rings (SSSR count). The van der Waals surface area contributed by atoms with Crippen molar-refractivity contribution in [3.05, 3.63) is 0 Å². The van der Waals surface area contributed by atoms with Gasteiger partial charge in [0.2, 0.25) is 5.78 Å². The van der Waals surface area contributed by atoms with E-state index in [1.807, 2.05) is 0 Å². The quantitative estimate of drug-likeness (QED) is 0.468. The van der Waals surface area contributed by atoms with E-state index in [4.69, 9.17) is 5.11 Å². The molecular weight excluding hydrogens is 252 g/mol. The van der Waals surface area contributed by atoms with E-state index in [0.717, 1.165) is 0 Å². The molecule has 0 aliphatic rings. The Hall–Kier alpha value is -1.85. The van der Waals surface area contributed by atoms with Gasteiger partial charge >= 0.3 is 5.97 Å². The van der Waals surface area contributed by atoms with E-state index >= 15 is 0 Å². The highest BCUT2D eigenvalue weighted by molar-refractivity contribution is 6.38. The van der Waals surface area contributed by atoms with Crippen molar-refractivity contribution in [3.63, 3.8) is 0 Å². The van der Waals surface area contributed by atoms with Gasteiger partial charge in [-0.3, -0.25) is 19.2 Å². The molecule has 19 heavy (non-hydrogen) atoms. The summed E-state index contributed by atoms with van der Waals surface area (Å²) in [5, 5.41) is 8.42. The first-order valence-electron chi connectivity index (χ1n) is 6.19. The maximum absolute atomic E-state index is 11.8. The summed E-state index contributed by atoms with van der Waals surface area (Å²) < 4.78 is 0. The Balaban J connectivity index is 4.97. The molecule has 106 valence electrons. The molecule has 0 unspecified atom stereocenters. The lowest BCUT2D eigenvalue weighted by Gasteiger charge is -2.12. The summed E-state index contributed by atoms with van der Waals surface area (Å²) in [5.74, 6) is -6.51. The lowest BCUT2D eigenvalue weighted by Crippen LogP contribution is -2.34. The van der Waals surface area contributed by atoms with Crippen molar-refractivity contribution in [3.8, 4) is 0 Å². The van der Waals surface area contributed by atoms with Gasteiger partial charge in [0.15, 0.2) is 17.3 Å². The number of carboxylic acids is 1. The van der Waals surface area contributed by atoms with E-state index in [-0.39, 0.29) is 12.8 Å². The standard InChI is InChI=1S/C13H18O6/c1-3-5-8(14)12(9(15)6-4-2)10(16)7-11(17)13(18)19/h12H,3-7H2,1-2H3,(H,18,19). The number of hydrogen-bond donors (Lipinski definition) is 1. The fraction of sp³-hybridized carbons (Fsp3) is 0.615. The maximum atomic E-state index is 11.8. The van der Waals surface area contributed by atoms with Crippen LogP contribution in [0.4, 0.5) is 0 Å². The molecule has 0 aromatic carbocycles. The Kier molecular flexibility index (Phi) is 7.48. The van der Waals surface area contributed by atoms with E-state index in [9.17, 15) is 24.0 Å². The van der Waals surface area contributed by atoms with E-state index in [1.165, 1.54) is 0 Å². The first kappa shape index (κ1) is 17.2. The molecule has 0 saturated carbocycles. The Morgan fingerprint density at radius 2 is 1.26 bits per heavy atom. The van der Waals surface area contributed by atoms with Crippen molar-refractivity contribution in [2.24, 2.45) is 5.92 Å². The average Bonchev–Trinajstić information content (AvgIpc) is 2.29. The third-order valence-corrected chi connectivity index (χ3v) is 2.53. The summed E-state index contributed by atoms with van der Waals surface area (Å²) in [6.45, 7) is 3.46. The normalized spacial score (nSPS) is 10.3. The second-order valence-corrected chi connectivity index (χ2v) is 4.24. The number of ketones is 4. The second-order valence-electron chi connectivity index (χ2n) is 4.24. The Morgan fingerprint density at radius 3 is 1.58 bits per heavy atom. The van der Waals surface area contributed by atoms with Crippen LogP contribution in [0.2, 0.25) is 0 Å². The van der Waals surface area contributed by atoms with Gasteiger partial charge in [0.25, 0.3) is 0 Å². The van der Waals surface area contributed by atoms with Crippen molar-refractivity contribution in [2.45, 2.75) is 46.0 Å². The highest BCUT2D eigenvalue weighted by Crippen LogP contribution is 2.13. The van der Waals surface area contributed by atoms with E-state index in [1.54, 1.807) is 13.8 Å². The van der Waals surface area contributed by atoms with Gasteiger partial charge in [0, 0.05) is 12.8 Å². The number of carbonyl (C=O) groups excluding carboxylic acids is 4. The third kappa shape index (κ3) is 5.54. The summed E-state index contributed by atoms with van der Waals surface area (Å²) in [7, 11) is 0. The van der Waals surface area contributed by atoms with Crippen molar-refractivity contribution in [2.75, 3.05) is 0 Å². The van der Waals surface area contributed by atoms with Crippen LogP contribution in [0, 0.1) is 5.92 Å². The van der Waals surface area contributed by atoms with E-state index in [0.29, 0.717) is 12.8 Å². The van der Waals surface area contributed by atoms with Gasteiger partial charge < -0.3 is 5.11 Å². The molecule has 0 heterocycles. The summed E-state index contributed by atoms with van der Waals surface area (Å²) in [6.07, 6.45) is 0.176. The molecule has 0 radical (unpaired) electrons. The maximum Gasteiger partial charge on any atom is 0.372 e. The monoisotopic (exact) mass is 270 g/mol. The van der Waals surface area contributed by atoms with Crippen molar-refractivity contribution in [1.82, 2.24) is 0 Å². The van der Waals surface area contributed by atoms with Crippen LogP contribution in [-0.4, -0.2) is 34.2 Å². The largest absolute Gasteiger partial charge is 0.475 e. The molecule has 0 aliphatic carbocycles. The molecule has 0 spiro atoms. The van der Waals surface area contributed by atoms with Gasteiger partial charge in [-0.15, -0.1) is 0 Å². The zero-order valence-electron chi connectivity index (χ0n) is 11.1. The lowest BCUT2D eigenvalue weighted by molar-refractivity contribution is -0.151. The molecule has 0 aromatic rings. The molecule has 0 bridgehead atoms. The number of Topliss-reactive ketones (excluding diaryl/α,β-unsaturated/α-hetero) is 4. The summed E-state index contributed by atoms with van der Waals surface area (Å²) in [4.78, 5) is 56.6. The number of aliphatic carboxylic acids is 1. The van der Waals surface area contributed by atoms with Crippen LogP contribution in [0.1, 0.15) is 46.0 Å². The molecule has 0 fully saturated rings. The molecule has 0 aliphatic heterocycles. The van der Waals surface area contributed by atoms with Crippen LogP contribution in [0.25, 0.3) is 0 Å². The SMILES string of the molecule is CCCC(=O)C(C(=O)CCC)C(=O)CC(=O)C(=O)O. The van der Waals surface area contributed by atoms with Crippen LogP contribution in [-0.2, 0) is 24.0 Å². The fourth-order valence-electron chi connectivity index (χ4n) is 1.66. The van der Waals surface area contributed by atoms with E-state index < -0.39 is 41.4 Å². The molecule has 0 saturated heterocycles. The molecule has 0 aromatic heterocycles. The van der Waals surface area contributed by atoms with Crippen molar-refractivity contribution in [1.29, 1.82) is 0 Å². The van der Waals surface area contributed by atoms with Gasteiger partial charge in [-0.05, 0) is 12.8 Å². The first-order chi connectivity index (χ1) is 8.84. The third-order valence-electron chi connectivity index (χ3n) is 2.53. The molecular formula is C13H18O6. The Bertz CT molecular complexity index is 378. The molecule has 1 N–H and O–H groups in total. The predicted molar refractivity (Wildman–Crippen MR) is 65.6 cm³/mol. The molecule has 0 amide bonds. The Morgan fingerprint density at radius 1 is 0.842 bits per heavy atom. The average molecular weight is 270 g/mol. The topological polar surface area (TPSA) is 106 Å². The summed E-state index contributed by atoms with van der Waals surface area (Å²) in [6, 6.07) is 0. The Labute approximate surface area is 111 Å². The highest BCUT2D eigenvalue weighted by atomic mass is 16.4.